The molecule has 2 aromatic carbocycles. The zero-order chi connectivity index (χ0) is 22.2. The van der Waals surface area contributed by atoms with Gasteiger partial charge in [-0.25, -0.2) is 0 Å². The molecule has 31 heavy (non-hydrogen) atoms. The van der Waals surface area contributed by atoms with Gasteiger partial charge < -0.3 is 4.74 Å². The highest BCUT2D eigenvalue weighted by Gasteiger charge is 2.18. The molecule has 1 atom stereocenters. The number of unbranched alkanes of at least 4 members (excludes halogenated alkanes) is 11. The third-order valence-electron chi connectivity index (χ3n) is 5.73. The first-order valence-corrected chi connectivity index (χ1v) is 13.1. The topological polar surface area (TPSA) is 26.3 Å². The predicted molar refractivity (Wildman–Crippen MR) is 135 cm³/mol. The van der Waals surface area contributed by atoms with Gasteiger partial charge in [-0.1, -0.05) is 124 Å². The van der Waals surface area contributed by atoms with E-state index in [-0.39, 0.29) is 10.6 Å². The second-order valence-electron chi connectivity index (χ2n) is 8.40. The van der Waals surface area contributed by atoms with Gasteiger partial charge in [0, 0.05) is 5.56 Å². The van der Waals surface area contributed by atoms with Crippen molar-refractivity contribution in [3.8, 4) is 5.75 Å². The molecule has 0 heterocycles. The fraction of sp³-hybridized carbons (Fsp3) is 0.536. The summed E-state index contributed by atoms with van der Waals surface area (Å²) in [6.07, 6.45) is 16.1. The predicted octanol–water partition coefficient (Wildman–Crippen LogP) is 9.09. The number of alkyl halides is 1. The molecule has 2 aromatic rings. The molecule has 2 nitrogen and oxygen atoms in total. The molecule has 0 aliphatic carbocycles. The number of carbonyl (C=O) groups is 1. The highest BCUT2D eigenvalue weighted by molar-refractivity contribution is 9.09. The number of hydrogen-bond acceptors (Lipinski definition) is 2. The van der Waals surface area contributed by atoms with Crippen LogP contribution in [0.3, 0.4) is 0 Å². The Hall–Kier alpha value is -1.61. The third kappa shape index (κ3) is 10.5. The minimum absolute atomic E-state index is 0.0682. The van der Waals surface area contributed by atoms with Crippen LogP contribution in [-0.2, 0) is 0 Å². The lowest BCUT2D eigenvalue weighted by molar-refractivity contribution is 0.0991. The zero-order valence-corrected chi connectivity index (χ0v) is 20.7. The second-order valence-corrected chi connectivity index (χ2v) is 9.32. The molecule has 1 unspecified atom stereocenters. The average molecular weight is 488 g/mol. The van der Waals surface area contributed by atoms with Gasteiger partial charge in [0.1, 0.15) is 10.6 Å². The van der Waals surface area contributed by atoms with Crippen molar-refractivity contribution in [1.82, 2.24) is 0 Å². The first-order chi connectivity index (χ1) is 15.2. The van der Waals surface area contributed by atoms with Gasteiger partial charge in [0.2, 0.25) is 0 Å². The first kappa shape index (κ1) is 25.6. The van der Waals surface area contributed by atoms with Crippen molar-refractivity contribution in [2.75, 3.05) is 6.61 Å². The van der Waals surface area contributed by atoms with Gasteiger partial charge in [-0.05, 0) is 36.2 Å². The SMILES string of the molecule is CCCCCCCCCCCCCCOc1ccc(C(=O)C(Br)c2ccccc2)cc1. The molecule has 0 amide bonds. The summed E-state index contributed by atoms with van der Waals surface area (Å²) < 4.78 is 5.85. The van der Waals surface area contributed by atoms with E-state index in [4.69, 9.17) is 4.74 Å². The van der Waals surface area contributed by atoms with Crippen LogP contribution in [0.5, 0.6) is 5.75 Å². The minimum Gasteiger partial charge on any atom is -0.494 e. The molecule has 0 N–H and O–H groups in total. The quantitative estimate of drug-likeness (QED) is 0.126. The summed E-state index contributed by atoms with van der Waals surface area (Å²) in [5.74, 6) is 0.907. The van der Waals surface area contributed by atoms with E-state index in [9.17, 15) is 4.79 Å². The highest BCUT2D eigenvalue weighted by Crippen LogP contribution is 2.27. The van der Waals surface area contributed by atoms with E-state index in [1.54, 1.807) is 0 Å². The van der Waals surface area contributed by atoms with Crippen molar-refractivity contribution < 1.29 is 9.53 Å². The van der Waals surface area contributed by atoms with Gasteiger partial charge in [0.15, 0.2) is 5.78 Å². The smallest absolute Gasteiger partial charge is 0.180 e. The van der Waals surface area contributed by atoms with Gasteiger partial charge in [0.05, 0.1) is 6.61 Å². The number of ether oxygens (including phenoxy) is 1. The van der Waals surface area contributed by atoms with Gasteiger partial charge in [-0.15, -0.1) is 0 Å². The van der Waals surface area contributed by atoms with E-state index in [1.807, 2.05) is 54.6 Å². The van der Waals surface area contributed by atoms with Crippen LogP contribution in [0.15, 0.2) is 54.6 Å². The molecule has 0 saturated heterocycles. The number of carbonyl (C=O) groups excluding carboxylic acids is 1. The van der Waals surface area contributed by atoms with Crippen LogP contribution < -0.4 is 4.74 Å². The maximum absolute atomic E-state index is 12.7. The largest absolute Gasteiger partial charge is 0.494 e. The molecule has 0 aliphatic heterocycles. The van der Waals surface area contributed by atoms with Crippen molar-refractivity contribution in [2.24, 2.45) is 0 Å². The monoisotopic (exact) mass is 486 g/mol. The number of Topliss-reactive ketones (excluding diaryl/α,β-unsaturated/α-hetero) is 1. The maximum atomic E-state index is 12.7. The Balaban J connectivity index is 1.53. The van der Waals surface area contributed by atoms with E-state index >= 15 is 0 Å². The highest BCUT2D eigenvalue weighted by atomic mass is 79.9. The van der Waals surface area contributed by atoms with Crippen molar-refractivity contribution >= 4 is 21.7 Å². The first-order valence-electron chi connectivity index (χ1n) is 12.2. The number of halogens is 1. The van der Waals surface area contributed by atoms with Crippen molar-refractivity contribution in [2.45, 2.75) is 88.8 Å². The second kappa shape index (κ2) is 16.1. The van der Waals surface area contributed by atoms with E-state index in [2.05, 4.69) is 22.9 Å². The Morgan fingerprint density at radius 2 is 1.26 bits per heavy atom. The summed E-state index contributed by atoms with van der Waals surface area (Å²) in [7, 11) is 0. The molecular weight excluding hydrogens is 448 g/mol. The van der Waals surface area contributed by atoms with Crippen molar-refractivity contribution in [3.05, 3.63) is 65.7 Å². The summed E-state index contributed by atoms with van der Waals surface area (Å²) in [6, 6.07) is 17.3. The number of ketones is 1. The van der Waals surface area contributed by atoms with Crippen LogP contribution in [0.4, 0.5) is 0 Å². The van der Waals surface area contributed by atoms with Crippen LogP contribution in [0, 0.1) is 0 Å². The third-order valence-corrected chi connectivity index (χ3v) is 6.67. The standard InChI is InChI=1S/C28H39BrO2/c1-2-3-4-5-6-7-8-9-10-11-12-16-23-31-26-21-19-25(20-22-26)28(30)27(29)24-17-14-13-15-18-24/h13-15,17-22,27H,2-12,16,23H2,1H3. The Labute approximate surface area is 197 Å². The normalized spacial score (nSPS) is 11.9. The molecule has 2 rings (SSSR count). The molecule has 0 saturated carbocycles. The fourth-order valence-corrected chi connectivity index (χ4v) is 4.34. The fourth-order valence-electron chi connectivity index (χ4n) is 3.77. The number of hydrogen-bond donors (Lipinski definition) is 0. The summed E-state index contributed by atoms with van der Waals surface area (Å²) in [4.78, 5) is 12.3. The summed E-state index contributed by atoms with van der Waals surface area (Å²) in [6.45, 7) is 3.02. The van der Waals surface area contributed by atoms with Gasteiger partial charge >= 0.3 is 0 Å². The zero-order valence-electron chi connectivity index (χ0n) is 19.2. The molecule has 170 valence electrons. The van der Waals surface area contributed by atoms with Crippen molar-refractivity contribution in [3.63, 3.8) is 0 Å². The number of benzene rings is 2. The molecular formula is C28H39BrO2. The average Bonchev–Trinajstić information content (AvgIpc) is 2.82. The molecule has 3 heteroatoms. The maximum Gasteiger partial charge on any atom is 0.180 e. The van der Waals surface area contributed by atoms with E-state index < -0.39 is 0 Å². The lowest BCUT2D eigenvalue weighted by Gasteiger charge is -2.10. The van der Waals surface area contributed by atoms with E-state index in [1.165, 1.54) is 70.6 Å². The van der Waals surface area contributed by atoms with Crippen LogP contribution in [-0.4, -0.2) is 12.4 Å². The van der Waals surface area contributed by atoms with E-state index in [0.29, 0.717) is 5.56 Å². The summed E-state index contributed by atoms with van der Waals surface area (Å²) >= 11 is 3.52. The molecule has 0 spiro atoms. The van der Waals surface area contributed by atoms with Gasteiger partial charge in [-0.2, -0.15) is 0 Å². The molecule has 0 aliphatic rings. The Morgan fingerprint density at radius 1 is 0.742 bits per heavy atom. The van der Waals surface area contributed by atoms with Crippen LogP contribution in [0.2, 0.25) is 0 Å². The lowest BCUT2D eigenvalue weighted by Crippen LogP contribution is -2.07. The van der Waals surface area contributed by atoms with Crippen LogP contribution in [0.25, 0.3) is 0 Å². The lowest BCUT2D eigenvalue weighted by atomic mass is 10.0. The molecule has 0 aromatic heterocycles. The number of rotatable bonds is 17. The Kier molecular flexibility index (Phi) is 13.3. The molecule has 0 radical (unpaired) electrons. The van der Waals surface area contributed by atoms with Crippen LogP contribution >= 0.6 is 15.9 Å². The van der Waals surface area contributed by atoms with Crippen LogP contribution in [0.1, 0.15) is 105 Å². The van der Waals surface area contributed by atoms with E-state index in [0.717, 1.165) is 24.3 Å². The summed E-state index contributed by atoms with van der Waals surface area (Å²) in [5.41, 5.74) is 1.67. The van der Waals surface area contributed by atoms with Crippen molar-refractivity contribution in [1.29, 1.82) is 0 Å². The van der Waals surface area contributed by atoms with Gasteiger partial charge in [-0.3, -0.25) is 4.79 Å². The minimum atomic E-state index is -0.318. The van der Waals surface area contributed by atoms with Gasteiger partial charge in [0.25, 0.3) is 0 Å². The molecule has 0 bridgehead atoms. The Morgan fingerprint density at radius 3 is 1.81 bits per heavy atom. The molecule has 0 fully saturated rings. The summed E-state index contributed by atoms with van der Waals surface area (Å²) in [5, 5.41) is 0. The Bertz CT molecular complexity index is 712.